The molecule has 128 valence electrons. The maximum absolute atomic E-state index is 12.0. The number of rotatable bonds is 3. The van der Waals surface area contributed by atoms with Gasteiger partial charge in [-0.05, 0) is 19.1 Å². The van der Waals surface area contributed by atoms with Crippen LogP contribution in [0.15, 0.2) is 42.1 Å². The molecule has 1 aromatic heterocycles. The highest BCUT2D eigenvalue weighted by molar-refractivity contribution is 6.15. The number of ketones is 1. The average Bonchev–Trinajstić information content (AvgIpc) is 2.52. The predicted octanol–water partition coefficient (Wildman–Crippen LogP) is 2.57. The summed E-state index contributed by atoms with van der Waals surface area (Å²) in [6, 6.07) is 9.01. The Morgan fingerprint density at radius 1 is 1.16 bits per heavy atom. The summed E-state index contributed by atoms with van der Waals surface area (Å²) in [5, 5.41) is 3.56. The number of hydrogen-bond acceptors (Lipinski definition) is 7. The first-order valence-corrected chi connectivity index (χ1v) is 7.61. The van der Waals surface area contributed by atoms with Crippen molar-refractivity contribution >= 4 is 34.4 Å². The molecule has 0 spiro atoms. The van der Waals surface area contributed by atoms with Gasteiger partial charge < -0.3 is 14.8 Å². The van der Waals surface area contributed by atoms with Crippen LogP contribution >= 0.6 is 0 Å². The van der Waals surface area contributed by atoms with E-state index in [9.17, 15) is 14.4 Å². The summed E-state index contributed by atoms with van der Waals surface area (Å²) in [6.07, 6.45) is 1.14. The van der Waals surface area contributed by atoms with E-state index in [4.69, 9.17) is 9.47 Å². The molecular weight excluding hydrogens is 324 g/mol. The molecule has 1 saturated heterocycles. The molecule has 3 rings (SSSR count). The lowest BCUT2D eigenvalue weighted by Gasteiger charge is -2.29. The van der Waals surface area contributed by atoms with Gasteiger partial charge in [0.15, 0.2) is 11.4 Å². The van der Waals surface area contributed by atoms with E-state index in [1.165, 1.54) is 20.8 Å². The molecule has 1 aromatic carbocycles. The summed E-state index contributed by atoms with van der Waals surface area (Å²) >= 11 is 0. The number of carbonyl (C=O) groups is 3. The maximum atomic E-state index is 12.0. The quantitative estimate of drug-likeness (QED) is 0.397. The van der Waals surface area contributed by atoms with Crippen LogP contribution in [0.25, 0.3) is 10.9 Å². The Hall–Kier alpha value is -3.22. The smallest absolute Gasteiger partial charge is 0.350 e. The largest absolute Gasteiger partial charge is 0.419 e. The minimum atomic E-state index is -1.31. The van der Waals surface area contributed by atoms with Crippen molar-refractivity contribution in [2.45, 2.75) is 26.6 Å². The van der Waals surface area contributed by atoms with E-state index in [-0.39, 0.29) is 17.2 Å². The highest BCUT2D eigenvalue weighted by Gasteiger charge is 2.39. The summed E-state index contributed by atoms with van der Waals surface area (Å²) in [4.78, 5) is 40.2. The van der Waals surface area contributed by atoms with Crippen LogP contribution in [0.1, 0.15) is 31.1 Å². The number of ether oxygens (including phenoxy) is 2. The van der Waals surface area contributed by atoms with Gasteiger partial charge in [-0.1, -0.05) is 18.2 Å². The first-order valence-electron chi connectivity index (χ1n) is 7.61. The topological polar surface area (TPSA) is 94.6 Å². The van der Waals surface area contributed by atoms with Crippen molar-refractivity contribution in [2.75, 3.05) is 5.32 Å². The van der Waals surface area contributed by atoms with E-state index >= 15 is 0 Å². The number of fused-ring (bicyclic) bond motifs is 1. The SMILES string of the molecule is CC(=O)c1cc2ccccc2nc1NC=C1C(=O)OC(C)(C)OC1=O. The number of nitrogens with one attached hydrogen (secondary N) is 1. The molecule has 1 aliphatic heterocycles. The van der Waals surface area contributed by atoms with Gasteiger partial charge in [-0.25, -0.2) is 14.6 Å². The zero-order valence-corrected chi connectivity index (χ0v) is 14.0. The second-order valence-electron chi connectivity index (χ2n) is 6.01. The Kier molecular flexibility index (Phi) is 4.00. The highest BCUT2D eigenvalue weighted by atomic mass is 16.7. The van der Waals surface area contributed by atoms with Crippen LogP contribution in [0.2, 0.25) is 0 Å². The number of aromatic nitrogens is 1. The molecule has 0 radical (unpaired) electrons. The molecule has 0 unspecified atom stereocenters. The fourth-order valence-electron chi connectivity index (χ4n) is 2.41. The van der Waals surface area contributed by atoms with Gasteiger partial charge in [0.05, 0.1) is 11.1 Å². The van der Waals surface area contributed by atoms with Gasteiger partial charge in [-0.3, -0.25) is 4.79 Å². The molecular formula is C18H16N2O5. The number of pyridine rings is 1. The molecule has 0 amide bonds. The number of benzene rings is 1. The third kappa shape index (κ3) is 3.35. The Bertz CT molecular complexity index is 908. The molecule has 0 aliphatic carbocycles. The first kappa shape index (κ1) is 16.6. The van der Waals surface area contributed by atoms with Crippen molar-refractivity contribution < 1.29 is 23.9 Å². The van der Waals surface area contributed by atoms with Crippen LogP contribution in [-0.2, 0) is 19.1 Å². The molecule has 2 aromatic rings. The third-order valence-corrected chi connectivity index (χ3v) is 3.57. The Morgan fingerprint density at radius 3 is 2.44 bits per heavy atom. The lowest BCUT2D eigenvalue weighted by Crippen LogP contribution is -2.42. The van der Waals surface area contributed by atoms with Crippen molar-refractivity contribution in [3.05, 3.63) is 47.7 Å². The van der Waals surface area contributed by atoms with Crippen LogP contribution in [0.5, 0.6) is 0 Å². The second kappa shape index (κ2) is 6.01. The van der Waals surface area contributed by atoms with Crippen molar-refractivity contribution in [3.8, 4) is 0 Å². The average molecular weight is 340 g/mol. The zero-order chi connectivity index (χ0) is 18.2. The summed E-state index contributed by atoms with van der Waals surface area (Å²) in [7, 11) is 0. The predicted molar refractivity (Wildman–Crippen MR) is 89.7 cm³/mol. The molecule has 2 heterocycles. The van der Waals surface area contributed by atoms with E-state index in [2.05, 4.69) is 10.3 Å². The van der Waals surface area contributed by atoms with E-state index < -0.39 is 17.7 Å². The van der Waals surface area contributed by atoms with E-state index in [1.54, 1.807) is 12.1 Å². The zero-order valence-electron chi connectivity index (χ0n) is 14.0. The van der Waals surface area contributed by atoms with Crippen molar-refractivity contribution in [2.24, 2.45) is 0 Å². The van der Waals surface area contributed by atoms with Crippen molar-refractivity contribution in [3.63, 3.8) is 0 Å². The number of anilines is 1. The summed E-state index contributed by atoms with van der Waals surface area (Å²) in [5.74, 6) is -2.88. The standard InChI is InChI=1S/C18H16N2O5/c1-10(21)12-8-11-6-4-5-7-14(11)20-15(12)19-9-13-16(22)24-18(2,3)25-17(13)23/h4-9H,1-3H3,(H,19,20). The molecule has 0 saturated carbocycles. The normalized spacial score (nSPS) is 16.2. The van der Waals surface area contributed by atoms with Gasteiger partial charge in [0.2, 0.25) is 0 Å². The minimum absolute atomic E-state index is 0.200. The number of hydrogen-bond donors (Lipinski definition) is 1. The second-order valence-corrected chi connectivity index (χ2v) is 6.01. The number of carbonyl (C=O) groups excluding carboxylic acids is 3. The van der Waals surface area contributed by atoms with Gasteiger partial charge in [0.25, 0.3) is 5.79 Å². The van der Waals surface area contributed by atoms with E-state index in [0.717, 1.165) is 11.6 Å². The number of nitrogens with zero attached hydrogens (tertiary/aromatic N) is 1. The monoisotopic (exact) mass is 340 g/mol. The highest BCUT2D eigenvalue weighted by Crippen LogP contribution is 2.24. The summed E-state index contributed by atoms with van der Waals surface area (Å²) in [6.45, 7) is 4.34. The van der Waals surface area contributed by atoms with Crippen LogP contribution < -0.4 is 5.32 Å². The van der Waals surface area contributed by atoms with Crippen molar-refractivity contribution in [1.29, 1.82) is 0 Å². The molecule has 1 N–H and O–H groups in total. The summed E-state index contributed by atoms with van der Waals surface area (Å²) in [5.41, 5.74) is 0.709. The number of cyclic esters (lactones) is 2. The third-order valence-electron chi connectivity index (χ3n) is 3.57. The maximum Gasteiger partial charge on any atom is 0.350 e. The van der Waals surface area contributed by atoms with E-state index in [0.29, 0.717) is 11.1 Å². The van der Waals surface area contributed by atoms with E-state index in [1.807, 2.05) is 18.2 Å². The molecule has 1 fully saturated rings. The van der Waals surface area contributed by atoms with Crippen LogP contribution in [0, 0.1) is 0 Å². The molecule has 7 heteroatoms. The van der Waals surface area contributed by atoms with Gasteiger partial charge >= 0.3 is 11.9 Å². The molecule has 0 bridgehead atoms. The lowest BCUT2D eigenvalue weighted by molar-refractivity contribution is -0.222. The Balaban J connectivity index is 1.97. The van der Waals surface area contributed by atoms with Crippen molar-refractivity contribution in [1.82, 2.24) is 4.98 Å². The minimum Gasteiger partial charge on any atom is -0.419 e. The van der Waals surface area contributed by atoms with Gasteiger partial charge in [0.1, 0.15) is 5.82 Å². The van der Waals surface area contributed by atoms with Crippen LogP contribution in [-0.4, -0.2) is 28.5 Å². The van der Waals surface area contributed by atoms with Crippen LogP contribution in [0.4, 0.5) is 5.82 Å². The molecule has 0 atom stereocenters. The lowest BCUT2D eigenvalue weighted by atomic mass is 10.1. The number of Topliss-reactive ketones (excluding diaryl/α,β-unsaturated/α-hetero) is 1. The first-order chi connectivity index (χ1) is 11.8. The van der Waals surface area contributed by atoms with Gasteiger partial charge in [-0.15, -0.1) is 0 Å². The van der Waals surface area contributed by atoms with Gasteiger partial charge in [0, 0.05) is 25.4 Å². The Labute approximate surface area is 143 Å². The fraction of sp³-hybridized carbons (Fsp3) is 0.222. The van der Waals surface area contributed by atoms with Crippen LogP contribution in [0.3, 0.4) is 0 Å². The van der Waals surface area contributed by atoms with Gasteiger partial charge in [-0.2, -0.15) is 0 Å². The number of esters is 2. The molecule has 1 aliphatic rings. The fourth-order valence-corrected chi connectivity index (χ4v) is 2.41. The molecule has 7 nitrogen and oxygen atoms in total. The molecule has 25 heavy (non-hydrogen) atoms. The number of para-hydroxylation sites is 1. The Morgan fingerprint density at radius 2 is 1.80 bits per heavy atom. The summed E-state index contributed by atoms with van der Waals surface area (Å²) < 4.78 is 10.0.